The van der Waals surface area contributed by atoms with E-state index in [0.29, 0.717) is 37.1 Å². The maximum atomic E-state index is 14.6. The van der Waals surface area contributed by atoms with Crippen LogP contribution in [0.3, 0.4) is 0 Å². The summed E-state index contributed by atoms with van der Waals surface area (Å²) < 4.78 is 20.7. The zero-order valence-corrected chi connectivity index (χ0v) is 19.3. The van der Waals surface area contributed by atoms with Crippen molar-refractivity contribution in [3.05, 3.63) is 66.0 Å². The van der Waals surface area contributed by atoms with E-state index >= 15 is 0 Å². The van der Waals surface area contributed by atoms with Crippen LogP contribution in [0.2, 0.25) is 0 Å². The molecule has 7 heteroatoms. The number of aromatic amines is 1. The van der Waals surface area contributed by atoms with Gasteiger partial charge in [-0.2, -0.15) is 0 Å². The molecule has 3 rings (SSSR count). The van der Waals surface area contributed by atoms with Crippen molar-refractivity contribution in [2.24, 2.45) is 0 Å². The average molecular weight is 443 g/mol. The van der Waals surface area contributed by atoms with E-state index in [1.165, 1.54) is 13.1 Å². The fourth-order valence-corrected chi connectivity index (χ4v) is 4.33. The Labute approximate surface area is 189 Å². The van der Waals surface area contributed by atoms with Gasteiger partial charge in [0.1, 0.15) is 23.2 Å². The number of nitrogens with zero attached hydrogens (tertiary/aromatic N) is 1. The van der Waals surface area contributed by atoms with Gasteiger partial charge in [-0.1, -0.05) is 43.0 Å². The third-order valence-corrected chi connectivity index (χ3v) is 6.63. The Bertz CT molecular complexity index is 976. The van der Waals surface area contributed by atoms with Gasteiger partial charge in [0.2, 0.25) is 0 Å². The van der Waals surface area contributed by atoms with E-state index in [2.05, 4.69) is 16.9 Å². The molecule has 0 radical (unpaired) electrons. The van der Waals surface area contributed by atoms with Crippen LogP contribution in [0.1, 0.15) is 65.3 Å². The Kier molecular flexibility index (Phi) is 6.88. The zero-order chi connectivity index (χ0) is 23.5. The van der Waals surface area contributed by atoms with Crippen molar-refractivity contribution in [1.82, 2.24) is 10.3 Å². The summed E-state index contributed by atoms with van der Waals surface area (Å²) in [5, 5.41) is 2.59. The standard InChI is InChI=1S/C25H32FN3O3/c1-6-25(26)14-12-19(13-15-25)29(4,5)24(31)20-16-21(22(28-20)23(30)27-3)32-17(2)18-10-8-7-9-11-18/h6-11,16-17,19H,1,12-15H2,2-5H3,(H-,27,28,30,31)/p+1. The van der Waals surface area contributed by atoms with Gasteiger partial charge in [-0.3, -0.25) is 9.28 Å². The molecule has 1 atom stereocenters. The molecule has 0 aliphatic heterocycles. The molecule has 1 heterocycles. The number of halogens is 1. The summed E-state index contributed by atoms with van der Waals surface area (Å²) in [7, 11) is 5.19. The number of aromatic nitrogens is 1. The monoisotopic (exact) mass is 442 g/mol. The second kappa shape index (κ2) is 9.28. The minimum absolute atomic E-state index is 0.0225. The molecule has 0 saturated heterocycles. The Hall–Kier alpha value is -2.93. The number of carbonyl (C=O) groups is 2. The van der Waals surface area contributed by atoms with Crippen molar-refractivity contribution in [2.45, 2.75) is 50.4 Å². The summed E-state index contributed by atoms with van der Waals surface area (Å²) in [5.74, 6) is -0.218. The summed E-state index contributed by atoms with van der Waals surface area (Å²) in [6.45, 7) is 5.50. The van der Waals surface area contributed by atoms with Crippen LogP contribution in [0.5, 0.6) is 5.75 Å². The normalized spacial score (nSPS) is 22.1. The largest absolute Gasteiger partial charge is 0.484 e. The van der Waals surface area contributed by atoms with Gasteiger partial charge < -0.3 is 15.0 Å². The van der Waals surface area contributed by atoms with Crippen LogP contribution in [-0.4, -0.2) is 54.1 Å². The maximum Gasteiger partial charge on any atom is 0.362 e. The smallest absolute Gasteiger partial charge is 0.362 e. The van der Waals surface area contributed by atoms with Crippen molar-refractivity contribution in [3.8, 4) is 5.75 Å². The molecule has 1 unspecified atom stereocenters. The Morgan fingerprint density at radius 2 is 1.91 bits per heavy atom. The number of nitrogens with one attached hydrogen (secondary N) is 2. The van der Waals surface area contributed by atoms with Gasteiger partial charge in [-0.05, 0) is 25.3 Å². The van der Waals surface area contributed by atoms with Crippen LogP contribution in [0.25, 0.3) is 0 Å². The van der Waals surface area contributed by atoms with Gasteiger partial charge in [0, 0.05) is 26.0 Å². The molecule has 1 aliphatic rings. The fraction of sp³-hybridized carbons (Fsp3) is 0.440. The van der Waals surface area contributed by atoms with Crippen molar-refractivity contribution < 1.29 is 23.2 Å². The summed E-state index contributed by atoms with van der Waals surface area (Å²) in [6.07, 6.45) is 2.94. The highest BCUT2D eigenvalue weighted by atomic mass is 19.1. The second-order valence-electron chi connectivity index (χ2n) is 8.99. The molecule has 2 N–H and O–H groups in total. The topological polar surface area (TPSA) is 71.2 Å². The first kappa shape index (κ1) is 23.7. The summed E-state index contributed by atoms with van der Waals surface area (Å²) in [6, 6.07) is 11.2. The quantitative estimate of drug-likeness (QED) is 0.488. The number of rotatable bonds is 7. The van der Waals surface area contributed by atoms with E-state index in [9.17, 15) is 14.0 Å². The number of hydrogen-bond acceptors (Lipinski definition) is 3. The van der Waals surface area contributed by atoms with Crippen molar-refractivity contribution >= 4 is 11.8 Å². The molecular formula is C25H33FN3O3+. The van der Waals surface area contributed by atoms with Gasteiger partial charge in [0.15, 0.2) is 5.75 Å². The third-order valence-electron chi connectivity index (χ3n) is 6.63. The van der Waals surface area contributed by atoms with Crippen LogP contribution < -0.4 is 10.1 Å². The molecular weight excluding hydrogens is 409 g/mol. The number of quaternary nitrogens is 1. The summed E-state index contributed by atoms with van der Waals surface area (Å²) >= 11 is 0. The lowest BCUT2D eigenvalue weighted by Crippen LogP contribution is -2.55. The van der Waals surface area contributed by atoms with Crippen LogP contribution in [0, 0.1) is 0 Å². The number of H-pyrrole nitrogens is 1. The molecule has 172 valence electrons. The molecule has 0 bridgehead atoms. The Balaban J connectivity index is 1.84. The number of carbonyl (C=O) groups excluding carboxylic acids is 2. The molecule has 1 fully saturated rings. The molecule has 2 aromatic rings. The zero-order valence-electron chi connectivity index (χ0n) is 19.3. The van der Waals surface area contributed by atoms with E-state index in [4.69, 9.17) is 4.74 Å². The van der Waals surface area contributed by atoms with Gasteiger partial charge >= 0.3 is 5.91 Å². The number of benzene rings is 1. The minimum atomic E-state index is -1.35. The maximum absolute atomic E-state index is 14.6. The van der Waals surface area contributed by atoms with Crippen molar-refractivity contribution in [2.75, 3.05) is 21.1 Å². The van der Waals surface area contributed by atoms with Crippen molar-refractivity contribution in [1.29, 1.82) is 0 Å². The predicted molar refractivity (Wildman–Crippen MR) is 122 cm³/mol. The average Bonchev–Trinajstić information content (AvgIpc) is 3.22. The lowest BCUT2D eigenvalue weighted by atomic mass is 9.82. The lowest BCUT2D eigenvalue weighted by Gasteiger charge is -2.40. The first-order valence-corrected chi connectivity index (χ1v) is 11.0. The number of allylic oxidation sites excluding steroid dienone is 1. The van der Waals surface area contributed by atoms with E-state index in [-0.39, 0.29) is 34.1 Å². The van der Waals surface area contributed by atoms with Crippen molar-refractivity contribution in [3.63, 3.8) is 0 Å². The van der Waals surface area contributed by atoms with Gasteiger partial charge in [-0.15, -0.1) is 0 Å². The SMILES string of the molecule is C=CC1(F)CCC([N+](C)(C)C(=O)c2cc(OC(C)c3ccccc3)c(C(=O)NC)[nH]2)CC1. The predicted octanol–water partition coefficient (Wildman–Crippen LogP) is 4.57. The van der Waals surface area contributed by atoms with E-state index in [1.807, 2.05) is 51.4 Å². The highest BCUT2D eigenvalue weighted by molar-refractivity contribution is 5.98. The third kappa shape index (κ3) is 4.78. The van der Waals surface area contributed by atoms with Gasteiger partial charge in [0.05, 0.1) is 20.1 Å². The minimum Gasteiger partial charge on any atom is -0.484 e. The highest BCUT2D eigenvalue weighted by Gasteiger charge is 2.44. The van der Waals surface area contributed by atoms with E-state index in [0.717, 1.165) is 5.56 Å². The summed E-state index contributed by atoms with van der Waals surface area (Å²) in [5.41, 5.74) is 0.105. The molecule has 6 nitrogen and oxygen atoms in total. The first-order valence-electron chi connectivity index (χ1n) is 11.0. The Morgan fingerprint density at radius 1 is 1.28 bits per heavy atom. The fourth-order valence-electron chi connectivity index (χ4n) is 4.33. The summed E-state index contributed by atoms with van der Waals surface area (Å²) in [4.78, 5) is 28.9. The molecule has 32 heavy (non-hydrogen) atoms. The van der Waals surface area contributed by atoms with Crippen LogP contribution in [0.15, 0.2) is 49.1 Å². The van der Waals surface area contributed by atoms with Crippen LogP contribution >= 0.6 is 0 Å². The van der Waals surface area contributed by atoms with Crippen LogP contribution in [0.4, 0.5) is 4.39 Å². The number of hydrogen-bond donors (Lipinski definition) is 2. The van der Waals surface area contributed by atoms with E-state index < -0.39 is 5.67 Å². The highest BCUT2D eigenvalue weighted by Crippen LogP contribution is 2.37. The number of amides is 2. The van der Waals surface area contributed by atoms with Gasteiger partial charge in [0.25, 0.3) is 5.91 Å². The molecule has 1 aliphatic carbocycles. The molecule has 2 amide bonds. The second-order valence-corrected chi connectivity index (χ2v) is 8.99. The molecule has 1 aromatic carbocycles. The Morgan fingerprint density at radius 3 is 2.47 bits per heavy atom. The first-order chi connectivity index (χ1) is 15.1. The lowest BCUT2D eigenvalue weighted by molar-refractivity contribution is -0.837. The number of alkyl halides is 1. The molecule has 1 aromatic heterocycles. The molecule has 0 spiro atoms. The van der Waals surface area contributed by atoms with E-state index in [1.54, 1.807) is 6.07 Å². The van der Waals surface area contributed by atoms with Gasteiger partial charge in [-0.25, -0.2) is 9.18 Å². The molecule has 1 saturated carbocycles. The number of ether oxygens (including phenoxy) is 1. The van der Waals surface area contributed by atoms with Crippen LogP contribution in [-0.2, 0) is 0 Å².